The van der Waals surface area contributed by atoms with Gasteiger partial charge in [0, 0.05) is 31.6 Å². The van der Waals surface area contributed by atoms with Crippen molar-refractivity contribution in [2.24, 2.45) is 0 Å². The number of rotatable bonds is 4. The molecule has 1 heterocycles. The van der Waals surface area contributed by atoms with Gasteiger partial charge in [0.1, 0.15) is 17.5 Å². The second kappa shape index (κ2) is 6.20. The van der Waals surface area contributed by atoms with E-state index in [0.717, 1.165) is 17.5 Å². The molecule has 4 nitrogen and oxygen atoms in total. The van der Waals surface area contributed by atoms with E-state index in [1.54, 1.807) is 0 Å². The molecule has 1 aromatic heterocycles. The standard InChI is InChI=1S/C17H28N4/c1-12-15(18-2)19-16(13-10-11-13)20-17(12)21(3)14-8-6-4-5-7-9-14/h13-14H,4-11H2,1-3H3,(H,18,19,20). The summed E-state index contributed by atoms with van der Waals surface area (Å²) in [5.41, 5.74) is 1.19. The summed E-state index contributed by atoms with van der Waals surface area (Å²) in [5, 5.41) is 3.25. The lowest BCUT2D eigenvalue weighted by Gasteiger charge is -2.30. The SMILES string of the molecule is CNc1nc(C2CC2)nc(N(C)C2CCCCCC2)c1C. The van der Waals surface area contributed by atoms with Gasteiger partial charge in [0.05, 0.1) is 0 Å². The quantitative estimate of drug-likeness (QED) is 0.854. The van der Waals surface area contributed by atoms with Crippen molar-refractivity contribution in [2.75, 3.05) is 24.3 Å². The fraction of sp³-hybridized carbons (Fsp3) is 0.765. The van der Waals surface area contributed by atoms with Crippen LogP contribution in [0.15, 0.2) is 0 Å². The minimum atomic E-state index is 0.596. The van der Waals surface area contributed by atoms with Gasteiger partial charge in [-0.1, -0.05) is 25.7 Å². The summed E-state index contributed by atoms with van der Waals surface area (Å²) in [7, 11) is 4.18. The molecule has 2 saturated carbocycles. The molecule has 0 saturated heterocycles. The minimum absolute atomic E-state index is 0.596. The highest BCUT2D eigenvalue weighted by Crippen LogP contribution is 2.40. The molecule has 0 atom stereocenters. The summed E-state index contributed by atoms with van der Waals surface area (Å²) in [6.07, 6.45) is 10.6. The summed E-state index contributed by atoms with van der Waals surface area (Å²) in [5.74, 6) is 3.78. The van der Waals surface area contributed by atoms with Crippen LogP contribution in [0.5, 0.6) is 0 Å². The molecule has 0 amide bonds. The number of aromatic nitrogens is 2. The predicted octanol–water partition coefficient (Wildman–Crippen LogP) is 3.86. The molecule has 0 radical (unpaired) electrons. The van der Waals surface area contributed by atoms with Crippen molar-refractivity contribution < 1.29 is 0 Å². The van der Waals surface area contributed by atoms with Crippen LogP contribution < -0.4 is 10.2 Å². The van der Waals surface area contributed by atoms with Crippen LogP contribution in [0.2, 0.25) is 0 Å². The number of nitrogens with zero attached hydrogens (tertiary/aromatic N) is 3. The Hall–Kier alpha value is -1.32. The summed E-state index contributed by atoms with van der Waals surface area (Å²) in [4.78, 5) is 12.1. The Bertz CT molecular complexity index is 488. The van der Waals surface area contributed by atoms with Gasteiger partial charge in [0.2, 0.25) is 0 Å². The van der Waals surface area contributed by atoms with Gasteiger partial charge < -0.3 is 10.2 Å². The molecule has 4 heteroatoms. The van der Waals surface area contributed by atoms with E-state index in [1.807, 2.05) is 7.05 Å². The summed E-state index contributed by atoms with van der Waals surface area (Å²) in [6, 6.07) is 0.637. The van der Waals surface area contributed by atoms with Crippen LogP contribution in [0.3, 0.4) is 0 Å². The molecule has 2 aliphatic carbocycles. The Morgan fingerprint density at radius 1 is 1.00 bits per heavy atom. The maximum atomic E-state index is 4.92. The largest absolute Gasteiger partial charge is 0.373 e. The Balaban J connectivity index is 1.89. The van der Waals surface area contributed by atoms with E-state index in [4.69, 9.17) is 9.97 Å². The lowest BCUT2D eigenvalue weighted by Crippen LogP contribution is -2.33. The van der Waals surface area contributed by atoms with E-state index in [9.17, 15) is 0 Å². The third-order valence-corrected chi connectivity index (χ3v) is 5.02. The van der Waals surface area contributed by atoms with Crippen molar-refractivity contribution >= 4 is 11.6 Å². The first-order chi connectivity index (χ1) is 10.2. The number of anilines is 2. The van der Waals surface area contributed by atoms with Crippen LogP contribution in [-0.2, 0) is 0 Å². The zero-order valence-electron chi connectivity index (χ0n) is 13.7. The van der Waals surface area contributed by atoms with Crippen LogP contribution in [0.4, 0.5) is 11.6 Å². The zero-order chi connectivity index (χ0) is 14.8. The zero-order valence-corrected chi connectivity index (χ0v) is 13.7. The monoisotopic (exact) mass is 288 g/mol. The van der Waals surface area contributed by atoms with Crippen LogP contribution in [0.25, 0.3) is 0 Å². The Kier molecular flexibility index (Phi) is 4.32. The van der Waals surface area contributed by atoms with Crippen LogP contribution >= 0.6 is 0 Å². The predicted molar refractivity (Wildman–Crippen MR) is 88.2 cm³/mol. The molecule has 21 heavy (non-hydrogen) atoms. The fourth-order valence-electron chi connectivity index (χ4n) is 3.45. The summed E-state index contributed by atoms with van der Waals surface area (Å²) in [6.45, 7) is 2.14. The first kappa shape index (κ1) is 14.6. The highest BCUT2D eigenvalue weighted by Gasteiger charge is 2.29. The molecule has 2 fully saturated rings. The van der Waals surface area contributed by atoms with E-state index < -0.39 is 0 Å². The Morgan fingerprint density at radius 2 is 1.67 bits per heavy atom. The van der Waals surface area contributed by atoms with Gasteiger partial charge in [-0.25, -0.2) is 9.97 Å². The highest BCUT2D eigenvalue weighted by atomic mass is 15.2. The van der Waals surface area contributed by atoms with Crippen molar-refractivity contribution in [2.45, 2.75) is 70.3 Å². The number of hydrogen-bond donors (Lipinski definition) is 1. The second-order valence-electron chi connectivity index (χ2n) is 6.66. The second-order valence-corrected chi connectivity index (χ2v) is 6.66. The third-order valence-electron chi connectivity index (χ3n) is 5.02. The van der Waals surface area contributed by atoms with E-state index in [-0.39, 0.29) is 0 Å². The van der Waals surface area contributed by atoms with E-state index in [2.05, 4.69) is 24.2 Å². The average molecular weight is 288 g/mol. The third kappa shape index (κ3) is 3.14. The van der Waals surface area contributed by atoms with E-state index in [1.165, 1.54) is 56.9 Å². The van der Waals surface area contributed by atoms with Crippen molar-refractivity contribution in [3.05, 3.63) is 11.4 Å². The van der Waals surface area contributed by atoms with Crippen molar-refractivity contribution in [1.82, 2.24) is 9.97 Å². The molecule has 0 unspecified atom stereocenters. The Morgan fingerprint density at radius 3 is 2.24 bits per heavy atom. The van der Waals surface area contributed by atoms with Gasteiger partial charge in [0.25, 0.3) is 0 Å². The molecule has 1 N–H and O–H groups in total. The Labute approximate surface area is 128 Å². The van der Waals surface area contributed by atoms with E-state index in [0.29, 0.717) is 12.0 Å². The molecule has 3 rings (SSSR count). The molecule has 116 valence electrons. The van der Waals surface area contributed by atoms with Gasteiger partial charge >= 0.3 is 0 Å². The van der Waals surface area contributed by atoms with Gasteiger partial charge in [-0.15, -0.1) is 0 Å². The molecule has 0 bridgehead atoms. The molecule has 0 aromatic carbocycles. The first-order valence-electron chi connectivity index (χ1n) is 8.50. The maximum Gasteiger partial charge on any atom is 0.137 e. The van der Waals surface area contributed by atoms with Crippen LogP contribution in [-0.4, -0.2) is 30.1 Å². The normalized spacial score (nSPS) is 20.1. The van der Waals surface area contributed by atoms with Crippen LogP contribution in [0, 0.1) is 6.92 Å². The number of hydrogen-bond acceptors (Lipinski definition) is 4. The molecular weight excluding hydrogens is 260 g/mol. The van der Waals surface area contributed by atoms with Gasteiger partial charge in [-0.2, -0.15) is 0 Å². The highest BCUT2D eigenvalue weighted by molar-refractivity contribution is 5.59. The van der Waals surface area contributed by atoms with Crippen molar-refractivity contribution in [1.29, 1.82) is 0 Å². The van der Waals surface area contributed by atoms with Gasteiger partial charge in [-0.3, -0.25) is 0 Å². The molecular formula is C17H28N4. The van der Waals surface area contributed by atoms with Crippen molar-refractivity contribution in [3.63, 3.8) is 0 Å². The minimum Gasteiger partial charge on any atom is -0.373 e. The number of nitrogens with one attached hydrogen (secondary N) is 1. The van der Waals surface area contributed by atoms with E-state index >= 15 is 0 Å². The summed E-state index contributed by atoms with van der Waals surface area (Å²) < 4.78 is 0. The summed E-state index contributed by atoms with van der Waals surface area (Å²) >= 11 is 0. The first-order valence-corrected chi connectivity index (χ1v) is 8.50. The lowest BCUT2D eigenvalue weighted by molar-refractivity contribution is 0.547. The topological polar surface area (TPSA) is 41.1 Å². The van der Waals surface area contributed by atoms with Gasteiger partial charge in [-0.05, 0) is 32.6 Å². The lowest BCUT2D eigenvalue weighted by atomic mass is 10.1. The molecule has 2 aliphatic rings. The smallest absolute Gasteiger partial charge is 0.137 e. The average Bonchev–Trinajstić information content (AvgIpc) is 3.33. The maximum absolute atomic E-state index is 4.92. The fourth-order valence-corrected chi connectivity index (χ4v) is 3.45. The van der Waals surface area contributed by atoms with Crippen LogP contribution in [0.1, 0.15) is 68.7 Å². The molecule has 1 aromatic rings. The molecule has 0 spiro atoms. The van der Waals surface area contributed by atoms with Gasteiger partial charge in [0.15, 0.2) is 0 Å². The van der Waals surface area contributed by atoms with Crippen molar-refractivity contribution in [3.8, 4) is 0 Å². The molecule has 0 aliphatic heterocycles.